The normalized spacial score (nSPS) is 16.6. The third kappa shape index (κ3) is 6.33. The predicted octanol–water partition coefficient (Wildman–Crippen LogP) is 4.71. The molecule has 1 aliphatic rings. The molecule has 2 aromatic carbocycles. The van der Waals surface area contributed by atoms with Gasteiger partial charge in [0.05, 0.1) is 10.5 Å². The Hall–Kier alpha value is -4.62. The summed E-state index contributed by atoms with van der Waals surface area (Å²) in [5.41, 5.74) is 0.122. The molecule has 0 radical (unpaired) electrons. The lowest BCUT2D eigenvalue weighted by atomic mass is 9.79. The number of anilines is 4. The van der Waals surface area contributed by atoms with Crippen molar-refractivity contribution < 1.29 is 24.8 Å². The van der Waals surface area contributed by atoms with E-state index in [-0.39, 0.29) is 35.0 Å². The number of carboxylic acid groups (broad SMARTS) is 1. The molecule has 1 amide bonds. The van der Waals surface area contributed by atoms with E-state index in [1.807, 2.05) is 27.7 Å². The second kappa shape index (κ2) is 10.9. The zero-order valence-corrected chi connectivity index (χ0v) is 22.5. The molecule has 0 atom stereocenters. The molecule has 13 heteroatoms. The molecular formula is C27H31N7O6. The van der Waals surface area contributed by atoms with E-state index in [0.717, 1.165) is 6.20 Å². The van der Waals surface area contributed by atoms with Crippen molar-refractivity contribution >= 4 is 40.7 Å². The molecule has 0 aliphatic carbocycles. The van der Waals surface area contributed by atoms with E-state index in [1.54, 1.807) is 24.3 Å². The summed E-state index contributed by atoms with van der Waals surface area (Å²) in [6.45, 7) is 7.71. The summed E-state index contributed by atoms with van der Waals surface area (Å²) in [5.74, 6) is -1.33. The van der Waals surface area contributed by atoms with Crippen LogP contribution in [0.1, 0.15) is 61.3 Å². The number of nitrogens with zero attached hydrogens (tertiary/aromatic N) is 4. The number of hydroxylamine groups is 2. The number of benzene rings is 2. The van der Waals surface area contributed by atoms with E-state index in [2.05, 4.69) is 25.9 Å². The quantitative estimate of drug-likeness (QED) is 0.194. The summed E-state index contributed by atoms with van der Waals surface area (Å²) < 4.78 is 0. The fourth-order valence-electron chi connectivity index (χ4n) is 4.97. The highest BCUT2D eigenvalue weighted by Gasteiger charge is 2.45. The Morgan fingerprint density at radius 1 is 0.950 bits per heavy atom. The van der Waals surface area contributed by atoms with Crippen molar-refractivity contribution in [1.29, 1.82) is 0 Å². The SMILES string of the molecule is CC1(C)CC(NC(=O)c2ccc(Nc3nc(Nc4ccc(C(=O)O)cc4)ncc3[N+](=O)[O-])cc2)CC(C)(C)N1O. The summed E-state index contributed by atoms with van der Waals surface area (Å²) in [6.07, 6.45) is 2.22. The van der Waals surface area contributed by atoms with Crippen LogP contribution in [-0.2, 0) is 0 Å². The summed E-state index contributed by atoms with van der Waals surface area (Å²) >= 11 is 0. The molecule has 0 bridgehead atoms. The molecule has 0 spiro atoms. The number of nitrogens with one attached hydrogen (secondary N) is 3. The Balaban J connectivity index is 1.46. The molecule has 13 nitrogen and oxygen atoms in total. The topological polar surface area (TPSA) is 183 Å². The smallest absolute Gasteiger partial charge is 0.335 e. The van der Waals surface area contributed by atoms with Gasteiger partial charge in [-0.1, -0.05) is 0 Å². The van der Waals surface area contributed by atoms with Crippen molar-refractivity contribution in [3.05, 3.63) is 76.0 Å². The number of aromatic nitrogens is 2. The largest absolute Gasteiger partial charge is 0.478 e. The molecule has 210 valence electrons. The van der Waals surface area contributed by atoms with Crippen molar-refractivity contribution in [1.82, 2.24) is 20.3 Å². The Labute approximate surface area is 230 Å². The highest BCUT2D eigenvalue weighted by Crippen LogP contribution is 2.36. The number of hydrogen-bond donors (Lipinski definition) is 5. The third-order valence-electron chi connectivity index (χ3n) is 6.74. The molecule has 1 aliphatic heterocycles. The van der Waals surface area contributed by atoms with Gasteiger partial charge in [-0.05, 0) is 89.1 Å². The maximum absolute atomic E-state index is 12.9. The zero-order chi connectivity index (χ0) is 29.2. The first-order chi connectivity index (χ1) is 18.7. The molecule has 40 heavy (non-hydrogen) atoms. The maximum Gasteiger partial charge on any atom is 0.335 e. The highest BCUT2D eigenvalue weighted by atomic mass is 16.6. The number of rotatable bonds is 8. The second-order valence-corrected chi connectivity index (χ2v) is 10.9. The minimum Gasteiger partial charge on any atom is -0.478 e. The molecule has 0 unspecified atom stereocenters. The Morgan fingerprint density at radius 2 is 1.48 bits per heavy atom. The van der Waals surface area contributed by atoms with Crippen LogP contribution in [0.2, 0.25) is 0 Å². The summed E-state index contributed by atoms with van der Waals surface area (Å²) in [5, 5.41) is 41.3. The average Bonchev–Trinajstić information content (AvgIpc) is 2.87. The first-order valence-corrected chi connectivity index (χ1v) is 12.5. The van der Waals surface area contributed by atoms with Crippen LogP contribution >= 0.6 is 0 Å². The van der Waals surface area contributed by atoms with E-state index < -0.39 is 22.0 Å². The van der Waals surface area contributed by atoms with E-state index in [1.165, 1.54) is 29.3 Å². The van der Waals surface area contributed by atoms with Crippen LogP contribution < -0.4 is 16.0 Å². The number of carbonyl (C=O) groups excluding carboxylic acids is 1. The molecule has 1 aromatic heterocycles. The number of piperidine rings is 1. The number of amides is 1. The lowest BCUT2D eigenvalue weighted by Gasteiger charge is -2.51. The van der Waals surface area contributed by atoms with Crippen LogP contribution in [0, 0.1) is 10.1 Å². The van der Waals surface area contributed by atoms with Crippen molar-refractivity contribution in [2.24, 2.45) is 0 Å². The molecule has 5 N–H and O–H groups in total. The van der Waals surface area contributed by atoms with Crippen LogP contribution in [0.4, 0.5) is 28.8 Å². The maximum atomic E-state index is 12.9. The molecule has 0 saturated carbocycles. The van der Waals surface area contributed by atoms with E-state index in [0.29, 0.717) is 29.8 Å². The van der Waals surface area contributed by atoms with Crippen molar-refractivity contribution in [2.45, 2.75) is 57.7 Å². The monoisotopic (exact) mass is 549 g/mol. The van der Waals surface area contributed by atoms with Crippen LogP contribution in [0.3, 0.4) is 0 Å². The zero-order valence-electron chi connectivity index (χ0n) is 22.5. The van der Waals surface area contributed by atoms with Crippen molar-refractivity contribution in [3.8, 4) is 0 Å². The first-order valence-electron chi connectivity index (χ1n) is 12.5. The minimum absolute atomic E-state index is 0.0620. The number of hydrogen-bond acceptors (Lipinski definition) is 10. The van der Waals surface area contributed by atoms with Gasteiger partial charge in [0.15, 0.2) is 0 Å². The Bertz CT molecular complexity index is 1410. The van der Waals surface area contributed by atoms with Gasteiger partial charge in [0.2, 0.25) is 11.8 Å². The molecule has 1 fully saturated rings. The van der Waals surface area contributed by atoms with Gasteiger partial charge in [0.25, 0.3) is 5.91 Å². The van der Waals surface area contributed by atoms with E-state index >= 15 is 0 Å². The summed E-state index contributed by atoms with van der Waals surface area (Å²) in [7, 11) is 0. The van der Waals surface area contributed by atoms with E-state index in [4.69, 9.17) is 5.11 Å². The standard InChI is InChI=1S/C27H31N7O6/c1-26(2)13-20(14-27(3,4)34(26)40)30-23(35)16-5-9-18(10-6-16)29-22-21(33(38)39)15-28-25(32-22)31-19-11-7-17(8-12-19)24(36)37/h5-12,15,20,40H,13-14H2,1-4H3,(H,30,35)(H,36,37)(H2,28,29,31,32). The molecule has 3 aromatic rings. The van der Waals surface area contributed by atoms with Crippen molar-refractivity contribution in [2.75, 3.05) is 10.6 Å². The van der Waals surface area contributed by atoms with Crippen LogP contribution in [0.25, 0.3) is 0 Å². The predicted molar refractivity (Wildman–Crippen MR) is 147 cm³/mol. The average molecular weight is 550 g/mol. The molecule has 1 saturated heterocycles. The lowest BCUT2D eigenvalue weighted by Crippen LogP contribution is -2.62. The second-order valence-electron chi connectivity index (χ2n) is 10.9. The Kier molecular flexibility index (Phi) is 7.71. The van der Waals surface area contributed by atoms with Gasteiger partial charge in [-0.2, -0.15) is 10.0 Å². The van der Waals surface area contributed by atoms with Gasteiger partial charge in [-0.3, -0.25) is 14.9 Å². The third-order valence-corrected chi connectivity index (χ3v) is 6.74. The number of carboxylic acids is 1. The fourth-order valence-corrected chi connectivity index (χ4v) is 4.97. The number of carbonyl (C=O) groups is 2. The van der Waals surface area contributed by atoms with Crippen molar-refractivity contribution in [3.63, 3.8) is 0 Å². The van der Waals surface area contributed by atoms with E-state index in [9.17, 15) is 24.9 Å². The summed E-state index contributed by atoms with van der Waals surface area (Å²) in [4.78, 5) is 43.1. The van der Waals surface area contributed by atoms with Gasteiger partial charge in [0.1, 0.15) is 6.20 Å². The Morgan fingerprint density at radius 3 is 2.00 bits per heavy atom. The fraction of sp³-hybridized carbons (Fsp3) is 0.333. The van der Waals surface area contributed by atoms with Gasteiger partial charge in [0, 0.05) is 34.1 Å². The van der Waals surface area contributed by atoms with Gasteiger partial charge < -0.3 is 26.3 Å². The first kappa shape index (κ1) is 28.4. The van der Waals surface area contributed by atoms with Gasteiger partial charge >= 0.3 is 11.7 Å². The minimum atomic E-state index is -1.06. The molecule has 4 rings (SSSR count). The summed E-state index contributed by atoms with van der Waals surface area (Å²) in [6, 6.07) is 12.2. The van der Waals surface area contributed by atoms with Gasteiger partial charge in [-0.25, -0.2) is 9.78 Å². The number of aromatic carboxylic acids is 1. The lowest BCUT2D eigenvalue weighted by molar-refractivity contribution is -0.384. The van der Waals surface area contributed by atoms with Crippen LogP contribution in [0.5, 0.6) is 0 Å². The molecule has 2 heterocycles. The van der Waals surface area contributed by atoms with Gasteiger partial charge in [-0.15, -0.1) is 0 Å². The van der Waals surface area contributed by atoms with Crippen LogP contribution in [0.15, 0.2) is 54.7 Å². The number of nitro groups is 1. The van der Waals surface area contributed by atoms with Crippen LogP contribution in [-0.4, -0.2) is 59.3 Å². The molecular weight excluding hydrogens is 518 g/mol. The highest BCUT2D eigenvalue weighted by molar-refractivity contribution is 5.94.